The molecule has 3 nitrogen and oxygen atoms in total. The van der Waals surface area contributed by atoms with Crippen LogP contribution < -0.4 is 5.46 Å². The standard InChI is InChI=1S/C38H32BNO2/c1-37(2)38(3,4)42-39(41-37)33-24-34-35(31-17-11-10-16-30(31)33)32-23-20-27-14-8-9-15-29(27)36(32)40(34)28-21-18-26(19-22-28)25-12-6-5-7-13-25/h5-24H,1-4H3. The van der Waals surface area contributed by atoms with Gasteiger partial charge in [0.1, 0.15) is 0 Å². The Kier molecular flexibility index (Phi) is 5.47. The van der Waals surface area contributed by atoms with E-state index >= 15 is 0 Å². The van der Waals surface area contributed by atoms with Crippen LogP contribution in [0.2, 0.25) is 0 Å². The van der Waals surface area contributed by atoms with Gasteiger partial charge in [0.05, 0.1) is 22.2 Å². The normalized spacial score (nSPS) is 16.2. The van der Waals surface area contributed by atoms with Gasteiger partial charge in [-0.3, -0.25) is 0 Å². The van der Waals surface area contributed by atoms with Gasteiger partial charge in [0, 0.05) is 21.8 Å². The van der Waals surface area contributed by atoms with Gasteiger partial charge in [0.15, 0.2) is 0 Å². The molecule has 0 radical (unpaired) electrons. The number of rotatable bonds is 3. The fourth-order valence-corrected chi connectivity index (χ4v) is 6.53. The third-order valence-electron chi connectivity index (χ3n) is 9.43. The number of fused-ring (bicyclic) bond motifs is 7. The van der Waals surface area contributed by atoms with Crippen molar-refractivity contribution in [3.05, 3.63) is 121 Å². The molecule has 0 atom stereocenters. The van der Waals surface area contributed by atoms with E-state index in [1.807, 2.05) is 0 Å². The van der Waals surface area contributed by atoms with Crippen LogP contribution in [0, 0.1) is 0 Å². The maximum atomic E-state index is 6.63. The highest BCUT2D eigenvalue weighted by atomic mass is 16.7. The molecule has 1 saturated heterocycles. The fourth-order valence-electron chi connectivity index (χ4n) is 6.53. The highest BCUT2D eigenvalue weighted by Gasteiger charge is 2.52. The van der Waals surface area contributed by atoms with Gasteiger partial charge in [-0.05, 0) is 78.6 Å². The lowest BCUT2D eigenvalue weighted by molar-refractivity contribution is 0.00578. The molecule has 0 spiro atoms. The Hall–Kier alpha value is -4.38. The molecule has 42 heavy (non-hydrogen) atoms. The first-order valence-electron chi connectivity index (χ1n) is 14.7. The zero-order chi connectivity index (χ0) is 28.6. The summed E-state index contributed by atoms with van der Waals surface area (Å²) in [5.41, 5.74) is 6.11. The van der Waals surface area contributed by atoms with Crippen molar-refractivity contribution in [3.8, 4) is 16.8 Å². The van der Waals surface area contributed by atoms with E-state index in [1.54, 1.807) is 0 Å². The number of hydrogen-bond donors (Lipinski definition) is 0. The molecule has 1 aromatic heterocycles. The van der Waals surface area contributed by atoms with Crippen LogP contribution in [0.3, 0.4) is 0 Å². The Bertz CT molecular complexity index is 2130. The van der Waals surface area contributed by atoms with E-state index in [9.17, 15) is 0 Å². The lowest BCUT2D eigenvalue weighted by Gasteiger charge is -2.32. The van der Waals surface area contributed by atoms with Crippen LogP contribution in [0.15, 0.2) is 121 Å². The summed E-state index contributed by atoms with van der Waals surface area (Å²) in [5, 5.41) is 7.33. The molecular weight excluding hydrogens is 513 g/mol. The third kappa shape index (κ3) is 3.69. The molecule has 7 aromatic rings. The molecule has 0 N–H and O–H groups in total. The summed E-state index contributed by atoms with van der Waals surface area (Å²) in [5.74, 6) is 0. The van der Waals surface area contributed by atoms with Crippen LogP contribution >= 0.6 is 0 Å². The average Bonchev–Trinajstić information content (AvgIpc) is 3.46. The second-order valence-electron chi connectivity index (χ2n) is 12.4. The minimum Gasteiger partial charge on any atom is -0.399 e. The Morgan fingerprint density at radius 1 is 0.548 bits per heavy atom. The Morgan fingerprint density at radius 3 is 1.86 bits per heavy atom. The molecular formula is C38H32BNO2. The molecule has 1 aliphatic rings. The third-order valence-corrected chi connectivity index (χ3v) is 9.43. The molecule has 8 rings (SSSR count). The van der Waals surface area contributed by atoms with Gasteiger partial charge in [-0.25, -0.2) is 0 Å². The zero-order valence-electron chi connectivity index (χ0n) is 24.4. The van der Waals surface area contributed by atoms with E-state index in [2.05, 4.69) is 154 Å². The van der Waals surface area contributed by atoms with Crippen LogP contribution in [-0.2, 0) is 9.31 Å². The van der Waals surface area contributed by atoms with Gasteiger partial charge in [-0.15, -0.1) is 0 Å². The second kappa shape index (κ2) is 9.06. The van der Waals surface area contributed by atoms with E-state index in [1.165, 1.54) is 43.6 Å². The molecule has 4 heteroatoms. The zero-order valence-corrected chi connectivity index (χ0v) is 24.4. The van der Waals surface area contributed by atoms with Crippen LogP contribution in [0.4, 0.5) is 0 Å². The van der Waals surface area contributed by atoms with E-state index in [4.69, 9.17) is 9.31 Å². The maximum absolute atomic E-state index is 6.63. The van der Waals surface area contributed by atoms with Gasteiger partial charge in [0.25, 0.3) is 0 Å². The molecule has 0 saturated carbocycles. The highest BCUT2D eigenvalue weighted by molar-refractivity contribution is 6.66. The van der Waals surface area contributed by atoms with Gasteiger partial charge in [-0.2, -0.15) is 0 Å². The summed E-state index contributed by atoms with van der Waals surface area (Å²) in [6.45, 7) is 8.46. The highest BCUT2D eigenvalue weighted by Crippen LogP contribution is 2.42. The average molecular weight is 545 g/mol. The van der Waals surface area contributed by atoms with Crippen molar-refractivity contribution in [3.63, 3.8) is 0 Å². The monoisotopic (exact) mass is 545 g/mol. The lowest BCUT2D eigenvalue weighted by atomic mass is 9.75. The van der Waals surface area contributed by atoms with Crippen LogP contribution in [-0.4, -0.2) is 22.9 Å². The molecule has 0 amide bonds. The second-order valence-corrected chi connectivity index (χ2v) is 12.4. The summed E-state index contributed by atoms with van der Waals surface area (Å²) >= 11 is 0. The number of benzene rings is 6. The van der Waals surface area contributed by atoms with Crippen molar-refractivity contribution in [2.75, 3.05) is 0 Å². The van der Waals surface area contributed by atoms with Crippen LogP contribution in [0.25, 0.3) is 60.2 Å². The van der Waals surface area contributed by atoms with Crippen LogP contribution in [0.1, 0.15) is 27.7 Å². The molecule has 204 valence electrons. The molecule has 2 heterocycles. The lowest BCUT2D eigenvalue weighted by Crippen LogP contribution is -2.41. The predicted octanol–water partition coefficient (Wildman–Crippen LogP) is 9.06. The van der Waals surface area contributed by atoms with Crippen molar-refractivity contribution in [2.24, 2.45) is 0 Å². The summed E-state index contributed by atoms with van der Waals surface area (Å²) in [6.07, 6.45) is 0. The predicted molar refractivity (Wildman–Crippen MR) is 177 cm³/mol. The van der Waals surface area contributed by atoms with Crippen molar-refractivity contribution < 1.29 is 9.31 Å². The minimum atomic E-state index is -0.465. The number of aromatic nitrogens is 1. The van der Waals surface area contributed by atoms with Crippen molar-refractivity contribution >= 4 is 55.9 Å². The van der Waals surface area contributed by atoms with Gasteiger partial charge < -0.3 is 13.9 Å². The first-order valence-corrected chi connectivity index (χ1v) is 14.7. The van der Waals surface area contributed by atoms with Gasteiger partial charge >= 0.3 is 7.12 Å². The first-order chi connectivity index (χ1) is 20.3. The quantitative estimate of drug-likeness (QED) is 0.207. The largest absolute Gasteiger partial charge is 0.495 e. The van der Waals surface area contributed by atoms with E-state index in [0.29, 0.717) is 0 Å². The Balaban J connectivity index is 1.47. The Morgan fingerprint density at radius 2 is 1.14 bits per heavy atom. The van der Waals surface area contributed by atoms with E-state index < -0.39 is 18.3 Å². The summed E-state index contributed by atoms with van der Waals surface area (Å²) in [4.78, 5) is 0. The summed E-state index contributed by atoms with van der Waals surface area (Å²) in [6, 6.07) is 43.7. The van der Waals surface area contributed by atoms with Crippen molar-refractivity contribution in [1.29, 1.82) is 0 Å². The summed E-state index contributed by atoms with van der Waals surface area (Å²) < 4.78 is 15.7. The van der Waals surface area contributed by atoms with Gasteiger partial charge in [0.2, 0.25) is 0 Å². The number of nitrogens with zero attached hydrogens (tertiary/aromatic N) is 1. The van der Waals surface area contributed by atoms with Crippen LogP contribution in [0.5, 0.6) is 0 Å². The van der Waals surface area contributed by atoms with Crippen molar-refractivity contribution in [2.45, 2.75) is 38.9 Å². The molecule has 0 bridgehead atoms. The summed E-state index contributed by atoms with van der Waals surface area (Å²) in [7, 11) is -0.465. The fraction of sp³-hybridized carbons (Fsp3) is 0.158. The molecule has 1 fully saturated rings. The van der Waals surface area contributed by atoms with Crippen molar-refractivity contribution in [1.82, 2.24) is 4.57 Å². The smallest absolute Gasteiger partial charge is 0.399 e. The first kappa shape index (κ1) is 25.3. The number of hydrogen-bond acceptors (Lipinski definition) is 2. The maximum Gasteiger partial charge on any atom is 0.495 e. The topological polar surface area (TPSA) is 23.4 Å². The Labute approximate surface area is 246 Å². The molecule has 6 aromatic carbocycles. The SMILES string of the molecule is CC1(C)OB(c2cc3c(c4ccccc24)c2ccc4ccccc4c2n3-c2ccc(-c3ccccc3)cc2)OC1(C)C. The molecule has 1 aliphatic heterocycles. The van der Waals surface area contributed by atoms with E-state index in [-0.39, 0.29) is 0 Å². The minimum absolute atomic E-state index is 0.427. The molecule has 0 aliphatic carbocycles. The molecule has 0 unspecified atom stereocenters. The van der Waals surface area contributed by atoms with Gasteiger partial charge in [-0.1, -0.05) is 103 Å². The van der Waals surface area contributed by atoms with E-state index in [0.717, 1.165) is 22.1 Å².